The highest BCUT2D eigenvalue weighted by Gasteiger charge is 2.58. The summed E-state index contributed by atoms with van der Waals surface area (Å²) in [6, 6.07) is 0. The van der Waals surface area contributed by atoms with E-state index < -0.39 is 42.7 Å². The smallest absolute Gasteiger partial charge is 0.416 e. The number of nitrogens with one attached hydrogen (secondary N) is 1. The summed E-state index contributed by atoms with van der Waals surface area (Å²) in [5.74, 6) is 0. The molecule has 0 aliphatic carbocycles. The molecule has 18 heavy (non-hydrogen) atoms. The Kier molecular flexibility index (Phi) is 3.83. The Labute approximate surface area is 102 Å². The van der Waals surface area contributed by atoms with Gasteiger partial charge in [-0.1, -0.05) is 0 Å². The predicted octanol–water partition coefficient (Wildman–Crippen LogP) is 1.20. The monoisotopic (exact) mass is 271 g/mol. The minimum atomic E-state index is -4.83. The van der Waals surface area contributed by atoms with Crippen molar-refractivity contribution in [3.63, 3.8) is 0 Å². The average Bonchev–Trinajstić information content (AvgIpc) is 2.05. The molecule has 0 aromatic carbocycles. The van der Waals surface area contributed by atoms with Crippen molar-refractivity contribution in [3.8, 4) is 0 Å². The Hall–Kier alpha value is -1.02. The average molecular weight is 271 g/mol. The van der Waals surface area contributed by atoms with Gasteiger partial charge in [0.1, 0.15) is 11.1 Å². The van der Waals surface area contributed by atoms with Crippen molar-refractivity contribution in [3.05, 3.63) is 0 Å². The zero-order chi connectivity index (χ0) is 14.2. The molecule has 0 aromatic heterocycles. The number of carbonyl (C=O) groups excluding carboxylic acids is 1. The first kappa shape index (κ1) is 15.0. The molecule has 1 rings (SSSR count). The van der Waals surface area contributed by atoms with Gasteiger partial charge in [0, 0.05) is 0 Å². The fourth-order valence-corrected chi connectivity index (χ4v) is 1.44. The molecule has 1 aliphatic heterocycles. The Bertz CT molecular complexity index is 320. The molecule has 0 radical (unpaired) electrons. The molecule has 5 nitrogen and oxygen atoms in total. The number of alkyl halides is 3. The number of ether oxygens (including phenoxy) is 2. The van der Waals surface area contributed by atoms with Gasteiger partial charge in [0.15, 0.2) is 6.10 Å². The molecule has 1 unspecified atom stereocenters. The summed E-state index contributed by atoms with van der Waals surface area (Å²) in [4.78, 5) is 11.4. The number of aliphatic hydroxyl groups excluding tert-OH is 1. The SMILES string of the molecule is CC(C)(C)OC(=O)NC1(C(O)C(F)(F)F)COC1. The number of hydrogen-bond acceptors (Lipinski definition) is 4. The van der Waals surface area contributed by atoms with E-state index >= 15 is 0 Å². The van der Waals surface area contributed by atoms with Gasteiger partial charge in [-0.05, 0) is 20.8 Å². The van der Waals surface area contributed by atoms with Crippen molar-refractivity contribution in [1.82, 2.24) is 5.32 Å². The lowest BCUT2D eigenvalue weighted by Gasteiger charge is -2.45. The first-order chi connectivity index (χ1) is 7.96. The molecule has 0 saturated carbocycles. The number of hydrogen-bond donors (Lipinski definition) is 2. The fraction of sp³-hybridized carbons (Fsp3) is 0.900. The molecule has 1 aliphatic rings. The van der Waals surface area contributed by atoms with E-state index in [9.17, 15) is 23.1 Å². The van der Waals surface area contributed by atoms with Crippen LogP contribution in [0, 0.1) is 0 Å². The first-order valence-corrected chi connectivity index (χ1v) is 5.30. The molecule has 106 valence electrons. The molecular weight excluding hydrogens is 255 g/mol. The van der Waals surface area contributed by atoms with Gasteiger partial charge in [-0.25, -0.2) is 4.79 Å². The summed E-state index contributed by atoms with van der Waals surface area (Å²) in [7, 11) is 0. The topological polar surface area (TPSA) is 67.8 Å². The first-order valence-electron chi connectivity index (χ1n) is 5.30. The number of alkyl carbamates (subject to hydrolysis) is 1. The maximum atomic E-state index is 12.5. The number of halogens is 3. The summed E-state index contributed by atoms with van der Waals surface area (Å²) in [5, 5.41) is 11.3. The van der Waals surface area contributed by atoms with Crippen LogP contribution in [0.2, 0.25) is 0 Å². The quantitative estimate of drug-likeness (QED) is 0.792. The molecule has 2 N–H and O–H groups in total. The van der Waals surface area contributed by atoms with Crippen molar-refractivity contribution < 1.29 is 32.5 Å². The largest absolute Gasteiger partial charge is 0.444 e. The zero-order valence-corrected chi connectivity index (χ0v) is 10.3. The van der Waals surface area contributed by atoms with E-state index in [1.54, 1.807) is 20.8 Å². The van der Waals surface area contributed by atoms with E-state index in [-0.39, 0.29) is 0 Å². The van der Waals surface area contributed by atoms with Gasteiger partial charge in [0.2, 0.25) is 0 Å². The maximum absolute atomic E-state index is 12.5. The van der Waals surface area contributed by atoms with Crippen LogP contribution in [0.4, 0.5) is 18.0 Å². The van der Waals surface area contributed by atoms with Crippen molar-refractivity contribution in [2.24, 2.45) is 0 Å². The Morgan fingerprint density at radius 1 is 1.39 bits per heavy atom. The lowest BCUT2D eigenvalue weighted by molar-refractivity contribution is -0.260. The van der Waals surface area contributed by atoms with Crippen LogP contribution in [-0.2, 0) is 9.47 Å². The highest BCUT2D eigenvalue weighted by molar-refractivity contribution is 5.69. The third kappa shape index (κ3) is 3.49. The minimum Gasteiger partial charge on any atom is -0.444 e. The van der Waals surface area contributed by atoms with E-state index in [1.807, 2.05) is 5.32 Å². The summed E-state index contributed by atoms with van der Waals surface area (Å²) in [6.07, 6.45) is -8.54. The van der Waals surface area contributed by atoms with Crippen LogP contribution < -0.4 is 5.32 Å². The van der Waals surface area contributed by atoms with E-state index in [0.29, 0.717) is 0 Å². The van der Waals surface area contributed by atoms with Gasteiger partial charge in [-0.2, -0.15) is 13.2 Å². The van der Waals surface area contributed by atoms with E-state index in [1.165, 1.54) is 0 Å². The third-order valence-corrected chi connectivity index (χ3v) is 2.30. The molecule has 1 saturated heterocycles. The Morgan fingerprint density at radius 3 is 2.17 bits per heavy atom. The van der Waals surface area contributed by atoms with Crippen LogP contribution >= 0.6 is 0 Å². The van der Waals surface area contributed by atoms with Crippen LogP contribution in [-0.4, -0.2) is 47.8 Å². The van der Waals surface area contributed by atoms with Crippen molar-refractivity contribution in [1.29, 1.82) is 0 Å². The molecular formula is C10H16F3NO4. The molecule has 1 fully saturated rings. The molecule has 0 spiro atoms. The minimum absolute atomic E-state index is 0.410. The van der Waals surface area contributed by atoms with Crippen LogP contribution in [0.1, 0.15) is 20.8 Å². The van der Waals surface area contributed by atoms with Crippen LogP contribution in [0.5, 0.6) is 0 Å². The van der Waals surface area contributed by atoms with Gasteiger partial charge in [-0.15, -0.1) is 0 Å². The standard InChI is InChI=1S/C10H16F3NO4/c1-8(2,3)18-7(16)14-9(4-17-5-9)6(15)10(11,12)13/h6,15H,4-5H2,1-3H3,(H,14,16). The summed E-state index contributed by atoms with van der Waals surface area (Å²) in [6.45, 7) is 3.92. The second-order valence-electron chi connectivity index (χ2n) is 5.22. The normalized spacial score (nSPS) is 20.8. The van der Waals surface area contributed by atoms with E-state index in [4.69, 9.17) is 4.74 Å². The van der Waals surface area contributed by atoms with Crippen LogP contribution in [0.25, 0.3) is 0 Å². The number of carbonyl (C=O) groups is 1. The Balaban J connectivity index is 2.70. The zero-order valence-electron chi connectivity index (χ0n) is 10.3. The van der Waals surface area contributed by atoms with Crippen molar-refractivity contribution in [2.75, 3.05) is 13.2 Å². The van der Waals surface area contributed by atoms with Gasteiger partial charge in [-0.3, -0.25) is 0 Å². The summed E-state index contributed by atoms with van der Waals surface area (Å²) >= 11 is 0. The van der Waals surface area contributed by atoms with Crippen molar-refractivity contribution in [2.45, 2.75) is 44.2 Å². The molecule has 0 bridgehead atoms. The number of aliphatic hydroxyl groups is 1. The van der Waals surface area contributed by atoms with E-state index in [0.717, 1.165) is 0 Å². The lowest BCUT2D eigenvalue weighted by atomic mass is 9.90. The number of rotatable bonds is 2. The van der Waals surface area contributed by atoms with Crippen molar-refractivity contribution >= 4 is 6.09 Å². The summed E-state index contributed by atoms with van der Waals surface area (Å²) < 4.78 is 46.9. The molecule has 1 heterocycles. The van der Waals surface area contributed by atoms with E-state index in [2.05, 4.69) is 4.74 Å². The van der Waals surface area contributed by atoms with Gasteiger partial charge in [0.25, 0.3) is 0 Å². The second-order valence-corrected chi connectivity index (χ2v) is 5.22. The highest BCUT2D eigenvalue weighted by Crippen LogP contribution is 2.33. The van der Waals surface area contributed by atoms with Crippen LogP contribution in [0.3, 0.4) is 0 Å². The molecule has 1 atom stereocenters. The number of amides is 1. The third-order valence-electron chi connectivity index (χ3n) is 2.30. The second kappa shape index (κ2) is 4.58. The summed E-state index contributed by atoms with van der Waals surface area (Å²) in [5.41, 5.74) is -2.69. The van der Waals surface area contributed by atoms with Gasteiger partial charge < -0.3 is 19.9 Å². The molecule has 8 heteroatoms. The highest BCUT2D eigenvalue weighted by atomic mass is 19.4. The van der Waals surface area contributed by atoms with Gasteiger partial charge in [0.05, 0.1) is 13.2 Å². The molecule has 1 amide bonds. The molecule has 0 aromatic rings. The predicted molar refractivity (Wildman–Crippen MR) is 55.0 cm³/mol. The Morgan fingerprint density at radius 2 is 1.89 bits per heavy atom. The lowest BCUT2D eigenvalue weighted by Crippen LogP contribution is -2.72. The van der Waals surface area contributed by atoms with Gasteiger partial charge >= 0.3 is 12.3 Å². The fourth-order valence-electron chi connectivity index (χ4n) is 1.44. The van der Waals surface area contributed by atoms with Crippen LogP contribution in [0.15, 0.2) is 0 Å². The maximum Gasteiger partial charge on any atom is 0.416 e.